The van der Waals surface area contributed by atoms with Crippen LogP contribution in [-0.2, 0) is 0 Å². The van der Waals surface area contributed by atoms with E-state index in [0.717, 1.165) is 0 Å². The number of H-pyrrole nitrogens is 1. The van der Waals surface area contributed by atoms with Crippen molar-refractivity contribution in [3.63, 3.8) is 0 Å². The van der Waals surface area contributed by atoms with Gasteiger partial charge in [-0.25, -0.2) is 5.10 Å². The maximum absolute atomic E-state index is 11.6. The zero-order chi connectivity index (χ0) is 11.5. The van der Waals surface area contributed by atoms with Crippen LogP contribution in [0, 0.1) is 0 Å². The predicted octanol–water partition coefficient (Wildman–Crippen LogP) is 1.03. The molecule has 0 unspecified atom stereocenters. The Morgan fingerprint density at radius 3 is 2.81 bits per heavy atom. The molecule has 16 heavy (non-hydrogen) atoms. The Morgan fingerprint density at radius 2 is 2.12 bits per heavy atom. The van der Waals surface area contributed by atoms with Gasteiger partial charge in [0.25, 0.3) is 5.56 Å². The lowest BCUT2D eigenvalue weighted by molar-refractivity contribution is 0.415. The van der Waals surface area contributed by atoms with Crippen LogP contribution in [0.5, 0.6) is 5.75 Å². The molecule has 0 aliphatic rings. The van der Waals surface area contributed by atoms with Gasteiger partial charge in [0, 0.05) is 17.4 Å². The molecule has 0 atom stereocenters. The summed E-state index contributed by atoms with van der Waals surface area (Å²) in [6, 6.07) is 6.78. The fourth-order valence-corrected chi connectivity index (χ4v) is 1.45. The molecule has 1 aromatic carbocycles. The van der Waals surface area contributed by atoms with Crippen molar-refractivity contribution in [2.75, 3.05) is 12.8 Å². The fraction of sp³-hybridized carbons (Fsp3) is 0.0909. The van der Waals surface area contributed by atoms with Crippen molar-refractivity contribution in [2.24, 2.45) is 0 Å². The Morgan fingerprint density at radius 1 is 1.31 bits per heavy atom. The molecule has 0 bridgehead atoms. The van der Waals surface area contributed by atoms with Gasteiger partial charge in [0.15, 0.2) is 0 Å². The monoisotopic (exact) mass is 217 g/mol. The van der Waals surface area contributed by atoms with Crippen LogP contribution in [0.25, 0.3) is 11.1 Å². The highest BCUT2D eigenvalue weighted by molar-refractivity contribution is 5.76. The average molecular weight is 217 g/mol. The molecule has 3 N–H and O–H groups in total. The zero-order valence-electron chi connectivity index (χ0n) is 8.73. The van der Waals surface area contributed by atoms with Crippen LogP contribution >= 0.6 is 0 Å². The number of anilines is 1. The second-order valence-corrected chi connectivity index (χ2v) is 3.25. The number of hydrogen-bond donors (Lipinski definition) is 2. The van der Waals surface area contributed by atoms with Crippen LogP contribution in [0.4, 0.5) is 5.69 Å². The molecular weight excluding hydrogens is 206 g/mol. The van der Waals surface area contributed by atoms with E-state index in [1.807, 2.05) is 0 Å². The predicted molar refractivity (Wildman–Crippen MR) is 61.3 cm³/mol. The average Bonchev–Trinajstić information content (AvgIpc) is 2.31. The molecule has 0 aliphatic carbocycles. The number of methoxy groups -OCH3 is 1. The van der Waals surface area contributed by atoms with Gasteiger partial charge < -0.3 is 10.5 Å². The van der Waals surface area contributed by atoms with Gasteiger partial charge in [-0.05, 0) is 24.3 Å². The van der Waals surface area contributed by atoms with Gasteiger partial charge in [0.2, 0.25) is 0 Å². The van der Waals surface area contributed by atoms with E-state index in [-0.39, 0.29) is 5.56 Å². The summed E-state index contributed by atoms with van der Waals surface area (Å²) >= 11 is 0. The molecule has 0 radical (unpaired) electrons. The van der Waals surface area contributed by atoms with Gasteiger partial charge >= 0.3 is 0 Å². The van der Waals surface area contributed by atoms with Crippen molar-refractivity contribution in [1.82, 2.24) is 10.2 Å². The molecule has 5 heteroatoms. The second-order valence-electron chi connectivity index (χ2n) is 3.25. The Balaban J connectivity index is 2.64. The van der Waals surface area contributed by atoms with E-state index in [9.17, 15) is 4.79 Å². The Labute approximate surface area is 91.9 Å². The molecule has 1 heterocycles. The molecule has 1 aromatic heterocycles. The van der Waals surface area contributed by atoms with Crippen LogP contribution in [0.1, 0.15) is 0 Å². The minimum atomic E-state index is -0.276. The first-order valence-electron chi connectivity index (χ1n) is 4.70. The highest BCUT2D eigenvalue weighted by Gasteiger charge is 2.07. The summed E-state index contributed by atoms with van der Waals surface area (Å²) in [5.74, 6) is 0.653. The number of nitrogen functional groups attached to an aromatic ring is 1. The van der Waals surface area contributed by atoms with E-state index < -0.39 is 0 Å². The standard InChI is InChI=1S/C11H11N3O2/c1-16-7-2-3-10(12)9(6-7)8-4-5-13-14-11(8)15/h2-6H,12H2,1H3,(H,14,15). The van der Waals surface area contributed by atoms with Crippen LogP contribution < -0.4 is 16.0 Å². The Bertz CT molecular complexity index is 563. The first-order valence-corrected chi connectivity index (χ1v) is 4.70. The summed E-state index contributed by atoms with van der Waals surface area (Å²) in [5.41, 5.74) is 7.19. The lowest BCUT2D eigenvalue weighted by Crippen LogP contribution is -2.10. The van der Waals surface area contributed by atoms with Crippen molar-refractivity contribution in [3.8, 4) is 16.9 Å². The van der Waals surface area contributed by atoms with Crippen LogP contribution in [0.15, 0.2) is 35.3 Å². The second kappa shape index (κ2) is 4.06. The highest BCUT2D eigenvalue weighted by atomic mass is 16.5. The number of nitrogens with two attached hydrogens (primary N) is 1. The van der Waals surface area contributed by atoms with E-state index in [2.05, 4.69) is 10.2 Å². The first kappa shape index (κ1) is 10.2. The maximum Gasteiger partial charge on any atom is 0.272 e. The molecule has 0 saturated heterocycles. The van der Waals surface area contributed by atoms with E-state index in [4.69, 9.17) is 10.5 Å². The normalized spacial score (nSPS) is 10.1. The molecule has 0 amide bonds. The van der Waals surface area contributed by atoms with Gasteiger partial charge in [-0.2, -0.15) is 5.10 Å². The van der Waals surface area contributed by atoms with Gasteiger partial charge in [0.1, 0.15) is 5.75 Å². The van der Waals surface area contributed by atoms with Crippen molar-refractivity contribution in [3.05, 3.63) is 40.8 Å². The Hall–Kier alpha value is -2.30. The minimum absolute atomic E-state index is 0.276. The molecule has 2 rings (SSSR count). The van der Waals surface area contributed by atoms with Gasteiger partial charge in [-0.3, -0.25) is 4.79 Å². The largest absolute Gasteiger partial charge is 0.497 e. The summed E-state index contributed by atoms with van der Waals surface area (Å²) in [5, 5.41) is 5.99. The number of benzene rings is 1. The summed E-state index contributed by atoms with van der Waals surface area (Å²) in [4.78, 5) is 11.6. The SMILES string of the molecule is COc1ccc(N)c(-c2ccn[nH]c2=O)c1. The quantitative estimate of drug-likeness (QED) is 0.736. The van der Waals surface area contributed by atoms with Gasteiger partial charge in [-0.1, -0.05) is 0 Å². The van der Waals surface area contributed by atoms with E-state index in [1.165, 1.54) is 6.20 Å². The van der Waals surface area contributed by atoms with E-state index >= 15 is 0 Å². The summed E-state index contributed by atoms with van der Waals surface area (Å²) < 4.78 is 5.09. The lowest BCUT2D eigenvalue weighted by atomic mass is 10.1. The summed E-state index contributed by atoms with van der Waals surface area (Å²) in [6.07, 6.45) is 1.51. The zero-order valence-corrected chi connectivity index (χ0v) is 8.73. The first-order chi connectivity index (χ1) is 7.72. The molecule has 82 valence electrons. The molecule has 0 saturated carbocycles. The highest BCUT2D eigenvalue weighted by Crippen LogP contribution is 2.27. The van der Waals surface area contributed by atoms with Gasteiger partial charge in [0.05, 0.1) is 12.7 Å². The number of nitrogens with zero attached hydrogens (tertiary/aromatic N) is 1. The molecule has 5 nitrogen and oxygen atoms in total. The van der Waals surface area contributed by atoms with Crippen LogP contribution in [-0.4, -0.2) is 17.3 Å². The molecule has 0 aliphatic heterocycles. The van der Waals surface area contributed by atoms with Crippen LogP contribution in [0.2, 0.25) is 0 Å². The van der Waals surface area contributed by atoms with Crippen molar-refractivity contribution < 1.29 is 4.74 Å². The number of hydrogen-bond acceptors (Lipinski definition) is 4. The summed E-state index contributed by atoms with van der Waals surface area (Å²) in [6.45, 7) is 0. The summed E-state index contributed by atoms with van der Waals surface area (Å²) in [7, 11) is 1.56. The number of rotatable bonds is 2. The van der Waals surface area contributed by atoms with E-state index in [0.29, 0.717) is 22.6 Å². The lowest BCUT2D eigenvalue weighted by Gasteiger charge is -2.07. The van der Waals surface area contributed by atoms with Crippen molar-refractivity contribution >= 4 is 5.69 Å². The minimum Gasteiger partial charge on any atom is -0.497 e. The number of aromatic nitrogens is 2. The topological polar surface area (TPSA) is 81.0 Å². The number of aromatic amines is 1. The third-order valence-electron chi connectivity index (χ3n) is 2.28. The van der Waals surface area contributed by atoms with Crippen LogP contribution in [0.3, 0.4) is 0 Å². The number of ether oxygens (including phenoxy) is 1. The molecule has 0 fully saturated rings. The number of nitrogens with one attached hydrogen (secondary N) is 1. The van der Waals surface area contributed by atoms with Crippen molar-refractivity contribution in [2.45, 2.75) is 0 Å². The molecule has 2 aromatic rings. The van der Waals surface area contributed by atoms with Crippen molar-refractivity contribution in [1.29, 1.82) is 0 Å². The smallest absolute Gasteiger partial charge is 0.272 e. The molecule has 0 spiro atoms. The Kier molecular flexibility index (Phi) is 2.59. The fourth-order valence-electron chi connectivity index (χ4n) is 1.45. The van der Waals surface area contributed by atoms with E-state index in [1.54, 1.807) is 31.4 Å². The van der Waals surface area contributed by atoms with Gasteiger partial charge in [-0.15, -0.1) is 0 Å². The molecular formula is C11H11N3O2. The third-order valence-corrected chi connectivity index (χ3v) is 2.28. The maximum atomic E-state index is 11.6. The third kappa shape index (κ3) is 1.75.